The molecule has 0 fully saturated rings. The van der Waals surface area contributed by atoms with Gasteiger partial charge in [0.1, 0.15) is 29.7 Å². The second kappa shape index (κ2) is 9.24. The van der Waals surface area contributed by atoms with Crippen LogP contribution in [0.3, 0.4) is 0 Å². The summed E-state index contributed by atoms with van der Waals surface area (Å²) in [7, 11) is 1.24. The highest BCUT2D eigenvalue weighted by atomic mass is 19.2. The topological polar surface area (TPSA) is 127 Å². The third-order valence-electron chi connectivity index (χ3n) is 6.49. The largest absolute Gasteiger partial charge is 0.494 e. The Bertz CT molecular complexity index is 1940. The first-order chi connectivity index (χ1) is 18.9. The second-order valence-corrected chi connectivity index (χ2v) is 8.71. The number of nitrogens with zero attached hydrogens (tertiary/aromatic N) is 7. The fraction of sp³-hybridized carbons (Fsp3) is 0.111. The molecule has 0 aliphatic heterocycles. The Labute approximate surface area is 219 Å². The van der Waals surface area contributed by atoms with Crippen molar-refractivity contribution in [1.29, 1.82) is 0 Å². The monoisotopic (exact) mass is 526 g/mol. The minimum atomic E-state index is -1.16. The summed E-state index contributed by atoms with van der Waals surface area (Å²) >= 11 is 0. The smallest absolute Gasteiger partial charge is 0.266 e. The molecule has 0 amide bonds. The Morgan fingerprint density at radius 1 is 1.03 bits per heavy atom. The SMILES string of the molecule is COc1ccc(-c2nn(C(C)c3nc4ccccc4c(=O)n3-c3cccnc3)c3ncnc(N)c23)c(F)c1F. The minimum Gasteiger partial charge on any atom is -0.494 e. The van der Waals surface area contributed by atoms with Gasteiger partial charge < -0.3 is 10.5 Å². The molecule has 2 N–H and O–H groups in total. The fourth-order valence-electron chi connectivity index (χ4n) is 4.60. The Morgan fingerprint density at radius 2 is 1.85 bits per heavy atom. The molecule has 6 aromatic rings. The van der Waals surface area contributed by atoms with E-state index in [1.165, 1.54) is 34.8 Å². The fourth-order valence-corrected chi connectivity index (χ4v) is 4.60. The maximum atomic E-state index is 15.2. The third-order valence-corrected chi connectivity index (χ3v) is 6.49. The number of hydrogen-bond donors (Lipinski definition) is 1. The van der Waals surface area contributed by atoms with Crippen LogP contribution in [0, 0.1) is 11.6 Å². The highest BCUT2D eigenvalue weighted by Gasteiger charge is 2.27. The molecular weight excluding hydrogens is 506 g/mol. The molecule has 194 valence electrons. The van der Waals surface area contributed by atoms with E-state index in [0.717, 1.165) is 0 Å². The number of fused-ring (bicyclic) bond motifs is 2. The normalized spacial score (nSPS) is 12.2. The molecule has 0 bridgehead atoms. The van der Waals surface area contributed by atoms with Crippen LogP contribution >= 0.6 is 0 Å². The summed E-state index contributed by atoms with van der Waals surface area (Å²) in [5, 5.41) is 5.26. The standard InChI is InChI=1S/C27H20F2N8O2/c1-14(25-34-18-8-4-3-7-16(18)27(38)36(25)15-6-5-11-31-12-15)37-26-20(24(30)32-13-33-26)23(35-37)17-9-10-19(39-2)22(29)21(17)28/h3-14H,1-2H3,(H2,30,32,33). The van der Waals surface area contributed by atoms with Crippen molar-refractivity contribution in [3.8, 4) is 22.7 Å². The molecule has 2 aromatic carbocycles. The van der Waals surface area contributed by atoms with Crippen molar-refractivity contribution in [3.63, 3.8) is 0 Å². The van der Waals surface area contributed by atoms with E-state index in [2.05, 4.69) is 20.1 Å². The molecule has 10 nitrogen and oxygen atoms in total. The summed E-state index contributed by atoms with van der Waals surface area (Å²) in [4.78, 5) is 31.0. The van der Waals surface area contributed by atoms with Crippen molar-refractivity contribution >= 4 is 27.8 Å². The van der Waals surface area contributed by atoms with E-state index in [4.69, 9.17) is 15.5 Å². The van der Waals surface area contributed by atoms with Crippen LogP contribution in [-0.2, 0) is 0 Å². The number of ether oxygens (including phenoxy) is 1. The summed E-state index contributed by atoms with van der Waals surface area (Å²) in [6.45, 7) is 1.77. The van der Waals surface area contributed by atoms with Crippen LogP contribution in [0.1, 0.15) is 18.8 Å². The average Bonchev–Trinajstić information content (AvgIpc) is 3.35. The van der Waals surface area contributed by atoms with Gasteiger partial charge in [0.05, 0.1) is 35.3 Å². The van der Waals surface area contributed by atoms with E-state index in [9.17, 15) is 9.18 Å². The Balaban J connectivity index is 1.64. The summed E-state index contributed by atoms with van der Waals surface area (Å²) in [5.41, 5.74) is 7.00. The number of benzene rings is 2. The van der Waals surface area contributed by atoms with Gasteiger partial charge in [-0.1, -0.05) is 12.1 Å². The van der Waals surface area contributed by atoms with Gasteiger partial charge in [0.2, 0.25) is 5.82 Å². The Kier molecular flexibility index (Phi) is 5.71. The molecule has 0 saturated heterocycles. The molecule has 12 heteroatoms. The third kappa shape index (κ3) is 3.76. The molecule has 1 unspecified atom stereocenters. The molecule has 0 saturated carbocycles. The second-order valence-electron chi connectivity index (χ2n) is 8.71. The molecule has 0 radical (unpaired) electrons. The zero-order chi connectivity index (χ0) is 27.3. The first-order valence-electron chi connectivity index (χ1n) is 11.8. The number of nitrogen functional groups attached to an aromatic ring is 1. The molecule has 0 aliphatic carbocycles. The van der Waals surface area contributed by atoms with E-state index in [0.29, 0.717) is 22.4 Å². The Morgan fingerprint density at radius 3 is 2.62 bits per heavy atom. The zero-order valence-electron chi connectivity index (χ0n) is 20.7. The van der Waals surface area contributed by atoms with Crippen molar-refractivity contribution in [2.24, 2.45) is 0 Å². The van der Waals surface area contributed by atoms with E-state index in [1.807, 2.05) is 0 Å². The van der Waals surface area contributed by atoms with Crippen molar-refractivity contribution in [1.82, 2.24) is 34.3 Å². The lowest BCUT2D eigenvalue weighted by molar-refractivity contribution is 0.372. The number of pyridine rings is 1. The van der Waals surface area contributed by atoms with Crippen LogP contribution in [0.5, 0.6) is 5.75 Å². The summed E-state index contributed by atoms with van der Waals surface area (Å²) in [6.07, 6.45) is 4.40. The van der Waals surface area contributed by atoms with Gasteiger partial charge in [-0.3, -0.25) is 14.3 Å². The van der Waals surface area contributed by atoms with Gasteiger partial charge in [-0.2, -0.15) is 9.49 Å². The lowest BCUT2D eigenvalue weighted by atomic mass is 10.1. The zero-order valence-corrected chi connectivity index (χ0v) is 20.7. The molecule has 0 spiro atoms. The molecule has 4 aromatic heterocycles. The van der Waals surface area contributed by atoms with Crippen molar-refractivity contribution < 1.29 is 13.5 Å². The van der Waals surface area contributed by atoms with Gasteiger partial charge >= 0.3 is 0 Å². The van der Waals surface area contributed by atoms with Gasteiger partial charge in [0.25, 0.3) is 5.56 Å². The highest BCUT2D eigenvalue weighted by molar-refractivity contribution is 5.98. The number of aromatic nitrogens is 7. The van der Waals surface area contributed by atoms with Gasteiger partial charge in [-0.05, 0) is 43.3 Å². The number of halogens is 2. The van der Waals surface area contributed by atoms with Crippen molar-refractivity contribution in [2.45, 2.75) is 13.0 Å². The number of rotatable bonds is 5. The average molecular weight is 527 g/mol. The van der Waals surface area contributed by atoms with Crippen LogP contribution in [0.15, 0.2) is 72.0 Å². The van der Waals surface area contributed by atoms with Gasteiger partial charge in [0.15, 0.2) is 17.2 Å². The van der Waals surface area contributed by atoms with Gasteiger partial charge in [0, 0.05) is 11.8 Å². The predicted octanol–water partition coefficient (Wildman–Crippen LogP) is 4.07. The number of methoxy groups -OCH3 is 1. The maximum absolute atomic E-state index is 15.2. The quantitative estimate of drug-likeness (QED) is 0.356. The Hall–Kier alpha value is -5.26. The summed E-state index contributed by atoms with van der Waals surface area (Å²) in [6, 6.07) is 12.4. The van der Waals surface area contributed by atoms with Crippen LogP contribution in [0.2, 0.25) is 0 Å². The molecule has 39 heavy (non-hydrogen) atoms. The minimum absolute atomic E-state index is 0.0280. The lowest BCUT2D eigenvalue weighted by Crippen LogP contribution is -2.27. The molecule has 6 rings (SSSR count). The van der Waals surface area contributed by atoms with Crippen LogP contribution in [0.25, 0.3) is 38.9 Å². The van der Waals surface area contributed by atoms with Crippen LogP contribution in [0.4, 0.5) is 14.6 Å². The van der Waals surface area contributed by atoms with E-state index < -0.39 is 17.7 Å². The predicted molar refractivity (Wildman–Crippen MR) is 141 cm³/mol. The van der Waals surface area contributed by atoms with Gasteiger partial charge in [-0.25, -0.2) is 24.0 Å². The van der Waals surface area contributed by atoms with Crippen LogP contribution in [-0.4, -0.2) is 41.4 Å². The summed E-state index contributed by atoms with van der Waals surface area (Å²) in [5.74, 6) is -2.23. The molecule has 0 aliphatic rings. The van der Waals surface area contributed by atoms with Crippen molar-refractivity contribution in [2.75, 3.05) is 12.8 Å². The maximum Gasteiger partial charge on any atom is 0.266 e. The molecular formula is C27H20F2N8O2. The van der Waals surface area contributed by atoms with E-state index in [1.54, 1.807) is 55.7 Å². The number of hydrogen-bond acceptors (Lipinski definition) is 8. The number of para-hydroxylation sites is 1. The van der Waals surface area contributed by atoms with Gasteiger partial charge in [-0.15, -0.1) is 0 Å². The number of anilines is 1. The van der Waals surface area contributed by atoms with E-state index >= 15 is 4.39 Å². The first kappa shape index (κ1) is 24.1. The van der Waals surface area contributed by atoms with Crippen LogP contribution < -0.4 is 16.0 Å². The molecule has 4 heterocycles. The lowest BCUT2D eigenvalue weighted by Gasteiger charge is -2.19. The van der Waals surface area contributed by atoms with E-state index in [-0.39, 0.29) is 39.4 Å². The highest BCUT2D eigenvalue weighted by Crippen LogP contribution is 2.36. The summed E-state index contributed by atoms with van der Waals surface area (Å²) < 4.78 is 37.7. The van der Waals surface area contributed by atoms with Crippen molar-refractivity contribution in [3.05, 3.63) is 95.1 Å². The molecule has 1 atom stereocenters. The first-order valence-corrected chi connectivity index (χ1v) is 11.8. The number of nitrogens with two attached hydrogens (primary N) is 1.